The van der Waals surface area contributed by atoms with Crippen molar-refractivity contribution in [1.29, 1.82) is 0 Å². The van der Waals surface area contributed by atoms with Crippen LogP contribution in [0.4, 0.5) is 8.78 Å². The second kappa shape index (κ2) is 10.9. The number of allylic oxidation sites excluding steroid dienone is 2. The van der Waals surface area contributed by atoms with Crippen LogP contribution in [0.2, 0.25) is 0 Å². The van der Waals surface area contributed by atoms with Gasteiger partial charge in [0.05, 0.1) is 0 Å². The fourth-order valence-corrected chi connectivity index (χ4v) is 4.93. The van der Waals surface area contributed by atoms with Crippen LogP contribution in [-0.2, 0) is 12.8 Å². The van der Waals surface area contributed by atoms with E-state index in [1.54, 1.807) is 0 Å². The molecule has 1 aromatic carbocycles. The molecule has 0 N–H and O–H groups in total. The van der Waals surface area contributed by atoms with Gasteiger partial charge < -0.3 is 0 Å². The monoisotopic (exact) mass is 410 g/mol. The number of halogens is 2. The zero-order valence-electron chi connectivity index (χ0n) is 18.2. The van der Waals surface area contributed by atoms with E-state index >= 15 is 0 Å². The number of aryl methyl sites for hydroxylation is 2. The summed E-state index contributed by atoms with van der Waals surface area (Å²) in [7, 11) is 0. The molecule has 2 aliphatic rings. The quantitative estimate of drug-likeness (QED) is 0.318. The van der Waals surface area contributed by atoms with E-state index in [1.165, 1.54) is 36.5 Å². The summed E-state index contributed by atoms with van der Waals surface area (Å²) in [6.07, 6.45) is 13.7. The predicted octanol–water partition coefficient (Wildman–Crippen LogP) is 7.79. The molecule has 162 valence electrons. The van der Waals surface area contributed by atoms with Crippen molar-refractivity contribution in [3.63, 3.8) is 0 Å². The van der Waals surface area contributed by atoms with Crippen molar-refractivity contribution in [2.45, 2.75) is 76.6 Å². The van der Waals surface area contributed by atoms with E-state index < -0.39 is 11.8 Å². The Labute approximate surface area is 181 Å². The van der Waals surface area contributed by atoms with Gasteiger partial charge in [0.15, 0.2) is 0 Å². The first-order valence-corrected chi connectivity index (χ1v) is 11.7. The zero-order chi connectivity index (χ0) is 21.4. The van der Waals surface area contributed by atoms with Crippen molar-refractivity contribution >= 4 is 0 Å². The SMILES string of the molecule is C=CCCc1ccc(CCC2CCC(C#CC3CCC(C=C)C(F)(F)C3)CC2)cc1. The predicted molar refractivity (Wildman–Crippen MR) is 122 cm³/mol. The second-order valence-electron chi connectivity index (χ2n) is 9.27. The van der Waals surface area contributed by atoms with Crippen LogP contribution in [0.1, 0.15) is 68.9 Å². The minimum Gasteiger partial charge on any atom is -0.206 e. The van der Waals surface area contributed by atoms with Gasteiger partial charge in [0.1, 0.15) is 0 Å². The summed E-state index contributed by atoms with van der Waals surface area (Å²) in [5, 5.41) is 0. The summed E-state index contributed by atoms with van der Waals surface area (Å²) in [6.45, 7) is 7.35. The highest BCUT2D eigenvalue weighted by Gasteiger charge is 2.43. The van der Waals surface area contributed by atoms with Crippen molar-refractivity contribution in [2.75, 3.05) is 0 Å². The zero-order valence-corrected chi connectivity index (χ0v) is 18.2. The van der Waals surface area contributed by atoms with Gasteiger partial charge in [0.25, 0.3) is 5.92 Å². The molecule has 0 heterocycles. The average molecular weight is 411 g/mol. The fourth-order valence-electron chi connectivity index (χ4n) is 4.93. The van der Waals surface area contributed by atoms with Crippen LogP contribution >= 0.6 is 0 Å². The average Bonchev–Trinajstić information content (AvgIpc) is 2.75. The van der Waals surface area contributed by atoms with Crippen LogP contribution in [0.25, 0.3) is 0 Å². The van der Waals surface area contributed by atoms with Gasteiger partial charge in [-0.3, -0.25) is 0 Å². The Morgan fingerprint density at radius 3 is 2.07 bits per heavy atom. The smallest absolute Gasteiger partial charge is 0.206 e. The van der Waals surface area contributed by atoms with Gasteiger partial charge in [-0.1, -0.05) is 48.3 Å². The Bertz CT molecular complexity index is 741. The molecule has 0 nitrogen and oxygen atoms in total. The third-order valence-electron chi connectivity index (χ3n) is 7.01. The molecule has 2 saturated carbocycles. The summed E-state index contributed by atoms with van der Waals surface area (Å²) in [4.78, 5) is 0. The second-order valence-corrected chi connectivity index (χ2v) is 9.27. The molecule has 0 amide bonds. The van der Waals surface area contributed by atoms with E-state index in [2.05, 4.69) is 49.3 Å². The fraction of sp³-hybridized carbons (Fsp3) is 0.571. The van der Waals surface area contributed by atoms with E-state index in [-0.39, 0.29) is 12.3 Å². The van der Waals surface area contributed by atoms with Crippen molar-refractivity contribution in [2.24, 2.45) is 23.7 Å². The first-order chi connectivity index (χ1) is 14.5. The molecule has 0 aliphatic heterocycles. The largest absolute Gasteiger partial charge is 0.255 e. The Morgan fingerprint density at radius 2 is 1.47 bits per heavy atom. The lowest BCUT2D eigenvalue weighted by Crippen LogP contribution is -2.34. The normalized spacial score (nSPS) is 28.2. The summed E-state index contributed by atoms with van der Waals surface area (Å²) in [5.74, 6) is 4.29. The Balaban J connectivity index is 1.39. The van der Waals surface area contributed by atoms with Crippen LogP contribution in [-0.4, -0.2) is 5.92 Å². The standard InChI is InChI=1S/C28H36F2/c1-3-5-6-22-7-9-23(10-8-22)11-12-24-13-15-25(16-14-24)17-18-26-19-20-27(4-2)28(29,30)21-26/h3-4,7-10,24-27H,1-2,5-6,11-16,19-21H2. The summed E-state index contributed by atoms with van der Waals surface area (Å²) in [5.41, 5.74) is 2.81. The van der Waals surface area contributed by atoms with Crippen molar-refractivity contribution in [3.8, 4) is 11.8 Å². The van der Waals surface area contributed by atoms with E-state index in [1.807, 2.05) is 6.08 Å². The number of rotatable bonds is 7. The third kappa shape index (κ3) is 6.56. The van der Waals surface area contributed by atoms with Gasteiger partial charge in [-0.25, -0.2) is 8.78 Å². The Kier molecular flexibility index (Phi) is 8.32. The Hall–Kier alpha value is -1.88. The van der Waals surface area contributed by atoms with Crippen LogP contribution in [0.3, 0.4) is 0 Å². The maximum atomic E-state index is 14.1. The summed E-state index contributed by atoms with van der Waals surface area (Å²) >= 11 is 0. The van der Waals surface area contributed by atoms with Crippen LogP contribution in [0.15, 0.2) is 49.6 Å². The van der Waals surface area contributed by atoms with Crippen LogP contribution in [0.5, 0.6) is 0 Å². The molecule has 1 aromatic rings. The number of benzene rings is 1. The number of alkyl halides is 2. The lowest BCUT2D eigenvalue weighted by atomic mass is 9.77. The molecule has 2 heteroatoms. The van der Waals surface area contributed by atoms with Crippen molar-refractivity contribution in [3.05, 3.63) is 60.7 Å². The maximum Gasteiger partial charge on any atom is 0.255 e. The van der Waals surface area contributed by atoms with E-state index in [4.69, 9.17) is 0 Å². The third-order valence-corrected chi connectivity index (χ3v) is 7.01. The lowest BCUT2D eigenvalue weighted by molar-refractivity contribution is -0.0770. The molecule has 3 rings (SSSR count). The minimum absolute atomic E-state index is 0.0988. The minimum atomic E-state index is -2.64. The van der Waals surface area contributed by atoms with Crippen LogP contribution in [0, 0.1) is 35.5 Å². The molecule has 0 saturated heterocycles. The highest BCUT2D eigenvalue weighted by molar-refractivity contribution is 5.23. The first-order valence-electron chi connectivity index (χ1n) is 11.7. The molecule has 2 aliphatic carbocycles. The van der Waals surface area contributed by atoms with Gasteiger partial charge in [-0.2, -0.15) is 0 Å². The molecule has 2 atom stereocenters. The molecule has 0 spiro atoms. The Morgan fingerprint density at radius 1 is 0.867 bits per heavy atom. The number of hydrogen-bond acceptors (Lipinski definition) is 0. The van der Waals surface area contributed by atoms with Gasteiger partial charge in [-0.15, -0.1) is 13.2 Å². The van der Waals surface area contributed by atoms with Gasteiger partial charge >= 0.3 is 0 Å². The maximum absolute atomic E-state index is 14.1. The molecular weight excluding hydrogens is 374 g/mol. The molecule has 2 unspecified atom stereocenters. The number of hydrogen-bond donors (Lipinski definition) is 0. The van der Waals surface area contributed by atoms with Gasteiger partial charge in [0.2, 0.25) is 0 Å². The topological polar surface area (TPSA) is 0 Å². The summed E-state index contributed by atoms with van der Waals surface area (Å²) in [6, 6.07) is 9.04. The molecule has 0 radical (unpaired) electrons. The molecule has 30 heavy (non-hydrogen) atoms. The molecule has 0 bridgehead atoms. The van der Waals surface area contributed by atoms with E-state index in [9.17, 15) is 8.78 Å². The van der Waals surface area contributed by atoms with Gasteiger partial charge in [0, 0.05) is 24.2 Å². The van der Waals surface area contributed by atoms with Crippen LogP contribution < -0.4 is 0 Å². The van der Waals surface area contributed by atoms with Gasteiger partial charge in [-0.05, 0) is 81.3 Å². The summed E-state index contributed by atoms with van der Waals surface area (Å²) < 4.78 is 28.2. The van der Waals surface area contributed by atoms with Crippen molar-refractivity contribution in [1.82, 2.24) is 0 Å². The van der Waals surface area contributed by atoms with E-state index in [0.29, 0.717) is 12.3 Å². The van der Waals surface area contributed by atoms with E-state index in [0.717, 1.165) is 44.4 Å². The van der Waals surface area contributed by atoms with Crippen molar-refractivity contribution < 1.29 is 8.78 Å². The molecular formula is C28H36F2. The lowest BCUT2D eigenvalue weighted by Gasteiger charge is -2.32. The first kappa shape index (κ1) is 22.8. The molecule has 2 fully saturated rings. The highest BCUT2D eigenvalue weighted by Crippen LogP contribution is 2.41. The highest BCUT2D eigenvalue weighted by atomic mass is 19.3. The molecule has 0 aromatic heterocycles.